The summed E-state index contributed by atoms with van der Waals surface area (Å²) in [5.41, 5.74) is 3.00. The van der Waals surface area contributed by atoms with Crippen LogP contribution in [0.25, 0.3) is 0 Å². The van der Waals surface area contributed by atoms with Crippen molar-refractivity contribution in [2.75, 3.05) is 5.32 Å². The van der Waals surface area contributed by atoms with Crippen molar-refractivity contribution in [2.45, 2.75) is 38.5 Å². The zero-order valence-electron chi connectivity index (χ0n) is 12.5. The quantitative estimate of drug-likeness (QED) is 0.898. The van der Waals surface area contributed by atoms with E-state index in [4.69, 9.17) is 9.84 Å². The molecule has 21 heavy (non-hydrogen) atoms. The number of rotatable bonds is 3. The van der Waals surface area contributed by atoms with E-state index in [0.29, 0.717) is 0 Å². The number of hydrogen-bond acceptors (Lipinski definition) is 3. The highest BCUT2D eigenvalue weighted by Crippen LogP contribution is 2.40. The molecule has 0 saturated carbocycles. The summed E-state index contributed by atoms with van der Waals surface area (Å²) >= 11 is 0. The van der Waals surface area contributed by atoms with Crippen molar-refractivity contribution in [2.24, 2.45) is 0 Å². The molecule has 3 rings (SSSR count). The molecule has 0 radical (unpaired) electrons. The van der Waals surface area contributed by atoms with Gasteiger partial charge in [0, 0.05) is 17.7 Å². The first-order chi connectivity index (χ1) is 10.1. The fraction of sp³-hybridized carbons (Fsp3) is 0.333. The minimum absolute atomic E-state index is 0.0768. The summed E-state index contributed by atoms with van der Waals surface area (Å²) in [4.78, 5) is 0. The molecule has 3 nitrogen and oxygen atoms in total. The van der Waals surface area contributed by atoms with Crippen LogP contribution < -0.4 is 10.1 Å². The van der Waals surface area contributed by atoms with Gasteiger partial charge < -0.3 is 15.2 Å². The molecule has 0 bridgehead atoms. The monoisotopic (exact) mass is 283 g/mol. The summed E-state index contributed by atoms with van der Waals surface area (Å²) in [7, 11) is 0. The molecule has 2 aromatic rings. The largest absolute Gasteiger partial charge is 0.487 e. The molecule has 0 saturated heterocycles. The Balaban J connectivity index is 1.87. The van der Waals surface area contributed by atoms with E-state index in [-0.39, 0.29) is 18.2 Å². The van der Waals surface area contributed by atoms with Gasteiger partial charge in [0.05, 0.1) is 12.6 Å². The molecule has 3 heteroatoms. The minimum atomic E-state index is -0.183. The van der Waals surface area contributed by atoms with E-state index in [2.05, 4.69) is 25.2 Å². The normalized spacial score (nSPS) is 19.5. The summed E-state index contributed by atoms with van der Waals surface area (Å²) in [5, 5.41) is 12.7. The molecule has 110 valence electrons. The minimum Gasteiger partial charge on any atom is -0.487 e. The van der Waals surface area contributed by atoms with Crippen LogP contribution in [0, 0.1) is 0 Å². The van der Waals surface area contributed by atoms with Crippen molar-refractivity contribution in [1.82, 2.24) is 0 Å². The number of benzene rings is 2. The average molecular weight is 283 g/mol. The fourth-order valence-electron chi connectivity index (χ4n) is 2.84. The van der Waals surface area contributed by atoms with E-state index >= 15 is 0 Å². The molecule has 1 aliphatic heterocycles. The van der Waals surface area contributed by atoms with E-state index in [1.54, 1.807) is 0 Å². The molecule has 0 fully saturated rings. The number of aliphatic hydroxyl groups excluding tert-OH is 1. The maximum Gasteiger partial charge on any atom is 0.125 e. The molecule has 1 aliphatic rings. The van der Waals surface area contributed by atoms with Crippen molar-refractivity contribution in [3.63, 3.8) is 0 Å². The summed E-state index contributed by atoms with van der Waals surface area (Å²) in [5.74, 6) is 0.957. The van der Waals surface area contributed by atoms with Gasteiger partial charge in [0.1, 0.15) is 11.4 Å². The predicted octanol–water partition coefficient (Wildman–Crippen LogP) is 3.89. The van der Waals surface area contributed by atoms with Gasteiger partial charge in [-0.15, -0.1) is 0 Å². The molecule has 2 aromatic carbocycles. The second-order valence-corrected chi connectivity index (χ2v) is 6.16. The van der Waals surface area contributed by atoms with Crippen molar-refractivity contribution >= 4 is 5.69 Å². The number of anilines is 1. The van der Waals surface area contributed by atoms with Crippen LogP contribution in [-0.2, 0) is 6.61 Å². The number of ether oxygens (including phenoxy) is 1. The first-order valence-electron chi connectivity index (χ1n) is 7.32. The van der Waals surface area contributed by atoms with Crippen LogP contribution in [0.1, 0.15) is 37.4 Å². The number of aliphatic hydroxyl groups is 1. The lowest BCUT2D eigenvalue weighted by atomic mass is 9.89. The van der Waals surface area contributed by atoms with Gasteiger partial charge in [-0.2, -0.15) is 0 Å². The van der Waals surface area contributed by atoms with Crippen LogP contribution in [0.4, 0.5) is 5.69 Å². The SMILES string of the molecule is CC1(C)CC(Nc2ccc(CO)cc2)c2ccccc2O1. The highest BCUT2D eigenvalue weighted by Gasteiger charge is 2.33. The highest BCUT2D eigenvalue weighted by atomic mass is 16.5. The Hall–Kier alpha value is -2.00. The van der Waals surface area contributed by atoms with E-state index in [1.807, 2.05) is 42.5 Å². The van der Waals surface area contributed by atoms with E-state index in [1.165, 1.54) is 5.56 Å². The Morgan fingerprint density at radius 1 is 1.14 bits per heavy atom. The zero-order valence-corrected chi connectivity index (χ0v) is 12.5. The van der Waals surface area contributed by atoms with Crippen LogP contribution in [0.2, 0.25) is 0 Å². The molecule has 0 amide bonds. The Morgan fingerprint density at radius 3 is 2.57 bits per heavy atom. The van der Waals surface area contributed by atoms with Crippen molar-refractivity contribution in [1.29, 1.82) is 0 Å². The van der Waals surface area contributed by atoms with Gasteiger partial charge in [-0.05, 0) is 37.6 Å². The summed E-state index contributed by atoms with van der Waals surface area (Å²) < 4.78 is 6.05. The fourth-order valence-corrected chi connectivity index (χ4v) is 2.84. The lowest BCUT2D eigenvalue weighted by Gasteiger charge is -2.38. The van der Waals surface area contributed by atoms with Crippen LogP contribution in [0.15, 0.2) is 48.5 Å². The topological polar surface area (TPSA) is 41.5 Å². The van der Waals surface area contributed by atoms with Gasteiger partial charge in [0.2, 0.25) is 0 Å². The van der Waals surface area contributed by atoms with Gasteiger partial charge in [0.25, 0.3) is 0 Å². The number of para-hydroxylation sites is 1. The molecule has 1 heterocycles. The Bertz CT molecular complexity index is 619. The van der Waals surface area contributed by atoms with Gasteiger partial charge in [-0.3, -0.25) is 0 Å². The van der Waals surface area contributed by atoms with Crippen molar-refractivity contribution in [3.8, 4) is 5.75 Å². The maximum absolute atomic E-state index is 9.11. The number of nitrogens with one attached hydrogen (secondary N) is 1. The zero-order chi connectivity index (χ0) is 14.9. The lowest BCUT2D eigenvalue weighted by molar-refractivity contribution is 0.0759. The molecule has 0 aliphatic carbocycles. The van der Waals surface area contributed by atoms with Gasteiger partial charge in [-0.25, -0.2) is 0 Å². The third-order valence-electron chi connectivity index (χ3n) is 3.85. The summed E-state index contributed by atoms with van der Waals surface area (Å²) in [6.45, 7) is 4.31. The van der Waals surface area contributed by atoms with Crippen molar-refractivity contribution < 1.29 is 9.84 Å². The van der Waals surface area contributed by atoms with Gasteiger partial charge in [-0.1, -0.05) is 30.3 Å². The molecule has 2 N–H and O–H groups in total. The smallest absolute Gasteiger partial charge is 0.125 e. The van der Waals surface area contributed by atoms with Crippen molar-refractivity contribution in [3.05, 3.63) is 59.7 Å². The third-order valence-corrected chi connectivity index (χ3v) is 3.85. The first-order valence-corrected chi connectivity index (χ1v) is 7.32. The van der Waals surface area contributed by atoms with Crippen LogP contribution in [0.3, 0.4) is 0 Å². The van der Waals surface area contributed by atoms with E-state index < -0.39 is 0 Å². The first kappa shape index (κ1) is 14.0. The second kappa shape index (κ2) is 5.41. The molecular weight excluding hydrogens is 262 g/mol. The maximum atomic E-state index is 9.11. The molecule has 0 aromatic heterocycles. The van der Waals surface area contributed by atoms with Gasteiger partial charge >= 0.3 is 0 Å². The van der Waals surface area contributed by atoms with E-state index in [0.717, 1.165) is 23.4 Å². The second-order valence-electron chi connectivity index (χ2n) is 6.16. The Morgan fingerprint density at radius 2 is 1.86 bits per heavy atom. The number of hydrogen-bond donors (Lipinski definition) is 2. The summed E-state index contributed by atoms with van der Waals surface area (Å²) in [6.07, 6.45) is 0.908. The Kier molecular flexibility index (Phi) is 3.60. The lowest BCUT2D eigenvalue weighted by Crippen LogP contribution is -2.37. The number of fused-ring (bicyclic) bond motifs is 1. The summed E-state index contributed by atoms with van der Waals surface area (Å²) in [6, 6.07) is 16.3. The molecular formula is C18H21NO2. The molecule has 1 atom stereocenters. The third kappa shape index (κ3) is 3.03. The van der Waals surface area contributed by atoms with Crippen LogP contribution in [0.5, 0.6) is 5.75 Å². The molecule has 1 unspecified atom stereocenters. The van der Waals surface area contributed by atoms with Crippen LogP contribution in [-0.4, -0.2) is 10.7 Å². The Labute approximate surface area is 125 Å². The van der Waals surface area contributed by atoms with Gasteiger partial charge in [0.15, 0.2) is 0 Å². The predicted molar refractivity (Wildman–Crippen MR) is 84.5 cm³/mol. The highest BCUT2D eigenvalue weighted by molar-refractivity contribution is 5.50. The van der Waals surface area contributed by atoms with Crippen LogP contribution >= 0.6 is 0 Å². The standard InChI is InChI=1S/C18H21NO2/c1-18(2)11-16(15-5-3-4-6-17(15)21-18)19-14-9-7-13(12-20)8-10-14/h3-10,16,19-20H,11-12H2,1-2H3. The average Bonchev–Trinajstić information content (AvgIpc) is 2.47. The van der Waals surface area contributed by atoms with E-state index in [9.17, 15) is 0 Å². The molecule has 0 spiro atoms.